The van der Waals surface area contributed by atoms with E-state index in [1.807, 2.05) is 6.07 Å². The van der Waals surface area contributed by atoms with Crippen molar-refractivity contribution >= 4 is 15.9 Å². The van der Waals surface area contributed by atoms with Crippen LogP contribution in [-0.4, -0.2) is 6.04 Å². The highest BCUT2D eigenvalue weighted by molar-refractivity contribution is 9.10. The number of aryl methyl sites for hydroxylation is 2. The van der Waals surface area contributed by atoms with Gasteiger partial charge < -0.3 is 0 Å². The fourth-order valence-electron chi connectivity index (χ4n) is 2.61. The quantitative estimate of drug-likeness (QED) is 0.647. The van der Waals surface area contributed by atoms with Crippen molar-refractivity contribution < 1.29 is 0 Å². The highest BCUT2D eigenvalue weighted by Gasteiger charge is 2.10. The van der Waals surface area contributed by atoms with Crippen LogP contribution < -0.4 is 11.3 Å². The lowest BCUT2D eigenvalue weighted by molar-refractivity contribution is 0.522. The summed E-state index contributed by atoms with van der Waals surface area (Å²) in [7, 11) is 0. The average molecular weight is 333 g/mol. The fourth-order valence-corrected chi connectivity index (χ4v) is 3.06. The molecule has 2 rings (SSSR count). The minimum atomic E-state index is 0.241. The predicted octanol–water partition coefficient (Wildman–Crippen LogP) is 3.68. The molecular formula is C17H21BrN2. The van der Waals surface area contributed by atoms with Crippen LogP contribution in [0.5, 0.6) is 0 Å². The Kier molecular flexibility index (Phi) is 5.35. The molecule has 0 spiro atoms. The highest BCUT2D eigenvalue weighted by Crippen LogP contribution is 2.16. The number of halogens is 1. The number of nitrogens with two attached hydrogens (primary N) is 1. The van der Waals surface area contributed by atoms with Gasteiger partial charge in [-0.25, -0.2) is 0 Å². The molecule has 0 aliphatic rings. The lowest BCUT2D eigenvalue weighted by atomic mass is 9.97. The molecule has 106 valence electrons. The molecule has 0 aliphatic carbocycles. The van der Waals surface area contributed by atoms with Gasteiger partial charge in [-0.15, -0.1) is 0 Å². The monoisotopic (exact) mass is 332 g/mol. The Morgan fingerprint density at radius 1 is 1.00 bits per heavy atom. The number of hydrogen-bond donors (Lipinski definition) is 2. The normalized spacial score (nSPS) is 12.4. The molecule has 0 aromatic heterocycles. The molecule has 0 fully saturated rings. The third kappa shape index (κ3) is 4.44. The van der Waals surface area contributed by atoms with Crippen LogP contribution in [-0.2, 0) is 12.8 Å². The maximum atomic E-state index is 5.72. The lowest BCUT2D eigenvalue weighted by Crippen LogP contribution is -2.38. The third-order valence-electron chi connectivity index (χ3n) is 3.37. The van der Waals surface area contributed by atoms with Gasteiger partial charge in [0, 0.05) is 10.5 Å². The summed E-state index contributed by atoms with van der Waals surface area (Å²) in [6.07, 6.45) is 1.86. The van der Waals surface area contributed by atoms with E-state index in [9.17, 15) is 0 Å². The Bertz CT molecular complexity index is 561. The van der Waals surface area contributed by atoms with Gasteiger partial charge >= 0.3 is 0 Å². The smallest absolute Gasteiger partial charge is 0.0291 e. The van der Waals surface area contributed by atoms with Gasteiger partial charge in [0.1, 0.15) is 0 Å². The van der Waals surface area contributed by atoms with E-state index in [4.69, 9.17) is 5.84 Å². The molecule has 0 bridgehead atoms. The second kappa shape index (κ2) is 7.02. The molecule has 2 aromatic rings. The summed E-state index contributed by atoms with van der Waals surface area (Å²) in [5.74, 6) is 5.72. The molecule has 0 saturated heterocycles. The second-order valence-electron chi connectivity index (χ2n) is 5.40. The number of rotatable bonds is 5. The van der Waals surface area contributed by atoms with Crippen LogP contribution in [0.25, 0.3) is 0 Å². The van der Waals surface area contributed by atoms with Gasteiger partial charge in [0.25, 0.3) is 0 Å². The number of nitrogens with one attached hydrogen (secondary N) is 1. The van der Waals surface area contributed by atoms with Gasteiger partial charge in [0.15, 0.2) is 0 Å². The van der Waals surface area contributed by atoms with Crippen LogP contribution in [0, 0.1) is 13.8 Å². The standard InChI is InChI=1S/C17H21BrN2/c1-12-6-13(2)8-15(7-12)11-17(20-19)10-14-4-3-5-16(18)9-14/h3-9,17,20H,10-11,19H2,1-2H3. The van der Waals surface area contributed by atoms with E-state index >= 15 is 0 Å². The van der Waals surface area contributed by atoms with E-state index in [1.165, 1.54) is 22.3 Å². The molecule has 0 aliphatic heterocycles. The predicted molar refractivity (Wildman–Crippen MR) is 88.6 cm³/mol. The van der Waals surface area contributed by atoms with Gasteiger partial charge in [-0.2, -0.15) is 0 Å². The lowest BCUT2D eigenvalue weighted by Gasteiger charge is -2.17. The number of hydrogen-bond acceptors (Lipinski definition) is 2. The first-order chi connectivity index (χ1) is 9.56. The highest BCUT2D eigenvalue weighted by atomic mass is 79.9. The summed E-state index contributed by atoms with van der Waals surface area (Å²) in [5.41, 5.74) is 8.17. The van der Waals surface area contributed by atoms with E-state index in [-0.39, 0.29) is 6.04 Å². The molecule has 1 atom stereocenters. The Morgan fingerprint density at radius 2 is 1.65 bits per heavy atom. The summed E-state index contributed by atoms with van der Waals surface area (Å²) in [6, 6.07) is 15.3. The van der Waals surface area contributed by atoms with Crippen molar-refractivity contribution in [3.63, 3.8) is 0 Å². The van der Waals surface area contributed by atoms with Crippen LogP contribution in [0.3, 0.4) is 0 Å². The first kappa shape index (κ1) is 15.2. The molecule has 20 heavy (non-hydrogen) atoms. The molecule has 0 saturated carbocycles. The van der Waals surface area contributed by atoms with Gasteiger partial charge in [-0.1, -0.05) is 57.4 Å². The van der Waals surface area contributed by atoms with Gasteiger partial charge in [-0.05, 0) is 49.9 Å². The number of hydrazine groups is 1. The van der Waals surface area contributed by atoms with E-state index in [2.05, 4.69) is 71.6 Å². The van der Waals surface area contributed by atoms with Crippen molar-refractivity contribution in [1.29, 1.82) is 0 Å². The molecule has 0 radical (unpaired) electrons. The molecule has 3 N–H and O–H groups in total. The fraction of sp³-hybridized carbons (Fsp3) is 0.294. The van der Waals surface area contributed by atoms with Crippen molar-refractivity contribution in [3.8, 4) is 0 Å². The van der Waals surface area contributed by atoms with Crippen molar-refractivity contribution in [2.75, 3.05) is 0 Å². The average Bonchev–Trinajstić information content (AvgIpc) is 2.36. The van der Waals surface area contributed by atoms with E-state index in [1.54, 1.807) is 0 Å². The van der Waals surface area contributed by atoms with Crippen LogP contribution >= 0.6 is 15.9 Å². The van der Waals surface area contributed by atoms with E-state index < -0.39 is 0 Å². The molecule has 0 amide bonds. The first-order valence-electron chi connectivity index (χ1n) is 6.84. The summed E-state index contributed by atoms with van der Waals surface area (Å²) < 4.78 is 1.11. The summed E-state index contributed by atoms with van der Waals surface area (Å²) in [5, 5.41) is 0. The molecule has 1 unspecified atom stereocenters. The van der Waals surface area contributed by atoms with Crippen LogP contribution in [0.2, 0.25) is 0 Å². The summed E-state index contributed by atoms with van der Waals surface area (Å²) >= 11 is 3.51. The topological polar surface area (TPSA) is 38.0 Å². The van der Waals surface area contributed by atoms with Crippen LogP contribution in [0.15, 0.2) is 46.9 Å². The second-order valence-corrected chi connectivity index (χ2v) is 6.31. The Labute approximate surface area is 129 Å². The summed E-state index contributed by atoms with van der Waals surface area (Å²) in [4.78, 5) is 0. The third-order valence-corrected chi connectivity index (χ3v) is 3.86. The minimum Gasteiger partial charge on any atom is -0.271 e. The molecule has 0 heterocycles. The van der Waals surface area contributed by atoms with Gasteiger partial charge in [0.05, 0.1) is 0 Å². The van der Waals surface area contributed by atoms with Crippen molar-refractivity contribution in [2.45, 2.75) is 32.7 Å². The van der Waals surface area contributed by atoms with Crippen LogP contribution in [0.4, 0.5) is 0 Å². The minimum absolute atomic E-state index is 0.241. The Balaban J connectivity index is 2.09. The van der Waals surface area contributed by atoms with Crippen LogP contribution in [0.1, 0.15) is 22.3 Å². The maximum Gasteiger partial charge on any atom is 0.0291 e. The zero-order valence-electron chi connectivity index (χ0n) is 12.0. The SMILES string of the molecule is Cc1cc(C)cc(CC(Cc2cccc(Br)c2)NN)c1. The Hall–Kier alpha value is -1.16. The molecule has 3 heteroatoms. The first-order valence-corrected chi connectivity index (χ1v) is 7.64. The van der Waals surface area contributed by atoms with Crippen molar-refractivity contribution in [1.82, 2.24) is 5.43 Å². The number of benzene rings is 2. The zero-order chi connectivity index (χ0) is 14.5. The summed E-state index contributed by atoms with van der Waals surface area (Å²) in [6.45, 7) is 4.27. The Morgan fingerprint density at radius 3 is 2.25 bits per heavy atom. The molecule has 2 nitrogen and oxygen atoms in total. The largest absolute Gasteiger partial charge is 0.271 e. The van der Waals surface area contributed by atoms with Crippen molar-refractivity contribution in [2.24, 2.45) is 5.84 Å². The van der Waals surface area contributed by atoms with E-state index in [0.717, 1.165) is 17.3 Å². The van der Waals surface area contributed by atoms with Gasteiger partial charge in [-0.3, -0.25) is 11.3 Å². The van der Waals surface area contributed by atoms with Gasteiger partial charge in [0.2, 0.25) is 0 Å². The molecular weight excluding hydrogens is 312 g/mol. The maximum absolute atomic E-state index is 5.72. The van der Waals surface area contributed by atoms with Crippen molar-refractivity contribution in [3.05, 3.63) is 69.2 Å². The molecule has 2 aromatic carbocycles. The zero-order valence-corrected chi connectivity index (χ0v) is 13.6. The van der Waals surface area contributed by atoms with E-state index in [0.29, 0.717) is 0 Å².